The van der Waals surface area contributed by atoms with Crippen molar-refractivity contribution in [1.82, 2.24) is 15.1 Å². The van der Waals surface area contributed by atoms with E-state index in [1.165, 1.54) is 24.8 Å². The van der Waals surface area contributed by atoms with E-state index in [4.69, 9.17) is 0 Å². The molecule has 2 unspecified atom stereocenters. The fourth-order valence-corrected chi connectivity index (χ4v) is 3.53. The SMILES string of the molecule is CN(C)Cc1ccc(CNC(=O)N2CC3CCCC32)cc1. The highest BCUT2D eigenvalue weighted by Gasteiger charge is 2.44. The average molecular weight is 287 g/mol. The molecule has 0 radical (unpaired) electrons. The number of carbonyl (C=O) groups excluding carboxylic acids is 1. The van der Waals surface area contributed by atoms with Crippen LogP contribution in [0, 0.1) is 5.92 Å². The van der Waals surface area contributed by atoms with Crippen molar-refractivity contribution in [2.75, 3.05) is 20.6 Å². The Morgan fingerprint density at radius 2 is 1.95 bits per heavy atom. The van der Waals surface area contributed by atoms with E-state index in [9.17, 15) is 4.79 Å². The molecule has 1 heterocycles. The minimum atomic E-state index is 0.107. The quantitative estimate of drug-likeness (QED) is 0.923. The molecule has 2 aliphatic rings. The molecule has 1 N–H and O–H groups in total. The highest BCUT2D eigenvalue weighted by Crippen LogP contribution is 2.38. The van der Waals surface area contributed by atoms with Crippen LogP contribution in [0.25, 0.3) is 0 Å². The minimum Gasteiger partial charge on any atom is -0.334 e. The fraction of sp³-hybridized carbons (Fsp3) is 0.588. The van der Waals surface area contributed by atoms with E-state index < -0.39 is 0 Å². The molecule has 3 rings (SSSR count). The summed E-state index contributed by atoms with van der Waals surface area (Å²) in [6, 6.07) is 9.11. The maximum Gasteiger partial charge on any atom is 0.317 e. The number of benzene rings is 1. The minimum absolute atomic E-state index is 0.107. The van der Waals surface area contributed by atoms with E-state index in [1.54, 1.807) is 0 Å². The largest absolute Gasteiger partial charge is 0.334 e. The van der Waals surface area contributed by atoms with E-state index in [1.807, 2.05) is 4.90 Å². The van der Waals surface area contributed by atoms with Crippen molar-refractivity contribution >= 4 is 6.03 Å². The van der Waals surface area contributed by atoms with Gasteiger partial charge in [-0.15, -0.1) is 0 Å². The molecule has 1 saturated carbocycles. The lowest BCUT2D eigenvalue weighted by atomic mass is 9.92. The Balaban J connectivity index is 1.47. The first-order valence-electron chi connectivity index (χ1n) is 7.90. The number of nitrogens with one attached hydrogen (secondary N) is 1. The lowest BCUT2D eigenvalue weighted by Crippen LogP contribution is -2.58. The summed E-state index contributed by atoms with van der Waals surface area (Å²) in [6.07, 6.45) is 3.78. The predicted octanol–water partition coefficient (Wildman–Crippen LogP) is 2.44. The van der Waals surface area contributed by atoms with Gasteiger partial charge in [0.2, 0.25) is 0 Å². The molecule has 2 amide bonds. The molecule has 4 nitrogen and oxygen atoms in total. The number of rotatable bonds is 4. The Hall–Kier alpha value is -1.55. The van der Waals surface area contributed by atoms with Gasteiger partial charge >= 0.3 is 6.03 Å². The van der Waals surface area contributed by atoms with Crippen molar-refractivity contribution in [3.63, 3.8) is 0 Å². The van der Waals surface area contributed by atoms with E-state index in [-0.39, 0.29) is 6.03 Å². The summed E-state index contributed by atoms with van der Waals surface area (Å²) in [4.78, 5) is 16.3. The van der Waals surface area contributed by atoms with E-state index in [2.05, 4.69) is 48.6 Å². The van der Waals surface area contributed by atoms with Crippen LogP contribution in [-0.4, -0.2) is 42.5 Å². The average Bonchev–Trinajstić information content (AvgIpc) is 2.79. The molecular formula is C17H25N3O. The Labute approximate surface area is 127 Å². The number of hydrogen-bond acceptors (Lipinski definition) is 2. The maximum absolute atomic E-state index is 12.2. The van der Waals surface area contributed by atoms with Crippen LogP contribution in [0.5, 0.6) is 0 Å². The zero-order valence-corrected chi connectivity index (χ0v) is 13.0. The molecule has 1 aliphatic carbocycles. The summed E-state index contributed by atoms with van der Waals surface area (Å²) in [5.74, 6) is 0.779. The summed E-state index contributed by atoms with van der Waals surface area (Å²) in [5, 5.41) is 3.05. The highest BCUT2D eigenvalue weighted by molar-refractivity contribution is 5.75. The molecule has 1 aromatic carbocycles. The molecule has 2 atom stereocenters. The molecule has 21 heavy (non-hydrogen) atoms. The third-order valence-electron chi connectivity index (χ3n) is 4.68. The number of hydrogen-bond donors (Lipinski definition) is 1. The van der Waals surface area contributed by atoms with Gasteiger partial charge in [-0.05, 0) is 44.0 Å². The summed E-state index contributed by atoms with van der Waals surface area (Å²) in [6.45, 7) is 2.52. The first-order valence-corrected chi connectivity index (χ1v) is 7.90. The van der Waals surface area contributed by atoms with Crippen LogP contribution >= 0.6 is 0 Å². The second-order valence-corrected chi connectivity index (χ2v) is 6.62. The third kappa shape index (κ3) is 3.21. The fourth-order valence-electron chi connectivity index (χ4n) is 3.53. The van der Waals surface area contributed by atoms with Gasteiger partial charge in [-0.1, -0.05) is 30.7 Å². The second kappa shape index (κ2) is 6.06. The number of fused-ring (bicyclic) bond motifs is 1. The lowest BCUT2D eigenvalue weighted by molar-refractivity contribution is 0.0713. The number of carbonyl (C=O) groups is 1. The van der Waals surface area contributed by atoms with Gasteiger partial charge in [0.25, 0.3) is 0 Å². The monoisotopic (exact) mass is 287 g/mol. The summed E-state index contributed by atoms with van der Waals surface area (Å²) < 4.78 is 0. The molecule has 1 saturated heterocycles. The summed E-state index contributed by atoms with van der Waals surface area (Å²) in [7, 11) is 4.13. The number of nitrogens with zero attached hydrogens (tertiary/aromatic N) is 2. The topological polar surface area (TPSA) is 35.6 Å². The lowest BCUT2D eigenvalue weighted by Gasteiger charge is -2.44. The zero-order chi connectivity index (χ0) is 14.8. The Kier molecular flexibility index (Phi) is 4.15. The molecule has 1 aliphatic heterocycles. The van der Waals surface area contributed by atoms with E-state index in [0.717, 1.165) is 24.6 Å². The molecule has 2 fully saturated rings. The van der Waals surface area contributed by atoms with Gasteiger partial charge in [0.15, 0.2) is 0 Å². The van der Waals surface area contributed by atoms with Gasteiger partial charge in [-0.2, -0.15) is 0 Å². The molecule has 4 heteroatoms. The smallest absolute Gasteiger partial charge is 0.317 e. The van der Waals surface area contributed by atoms with Gasteiger partial charge < -0.3 is 15.1 Å². The van der Waals surface area contributed by atoms with Crippen LogP contribution in [0.1, 0.15) is 30.4 Å². The van der Waals surface area contributed by atoms with Gasteiger partial charge in [-0.25, -0.2) is 4.79 Å². The van der Waals surface area contributed by atoms with E-state index >= 15 is 0 Å². The van der Waals surface area contributed by atoms with Crippen molar-refractivity contribution < 1.29 is 4.79 Å². The number of amides is 2. The van der Waals surface area contributed by atoms with Crippen molar-refractivity contribution in [3.8, 4) is 0 Å². The van der Waals surface area contributed by atoms with Crippen LogP contribution in [0.3, 0.4) is 0 Å². The van der Waals surface area contributed by atoms with Gasteiger partial charge in [0, 0.05) is 25.7 Å². The second-order valence-electron chi connectivity index (χ2n) is 6.62. The molecule has 1 aromatic rings. The van der Waals surface area contributed by atoms with Crippen LogP contribution in [0.15, 0.2) is 24.3 Å². The standard InChI is InChI=1S/C17H25N3O/c1-19(2)11-14-8-6-13(7-9-14)10-18-17(21)20-12-15-4-3-5-16(15)20/h6-9,15-16H,3-5,10-12H2,1-2H3,(H,18,21). The van der Waals surface area contributed by atoms with Crippen molar-refractivity contribution in [1.29, 1.82) is 0 Å². The van der Waals surface area contributed by atoms with Crippen molar-refractivity contribution in [2.24, 2.45) is 5.92 Å². The normalized spacial score (nSPS) is 23.9. The number of urea groups is 1. The highest BCUT2D eigenvalue weighted by atomic mass is 16.2. The van der Waals surface area contributed by atoms with Gasteiger partial charge in [0.1, 0.15) is 0 Å². The van der Waals surface area contributed by atoms with Crippen molar-refractivity contribution in [3.05, 3.63) is 35.4 Å². The van der Waals surface area contributed by atoms with Crippen LogP contribution in [-0.2, 0) is 13.1 Å². The summed E-state index contributed by atoms with van der Waals surface area (Å²) in [5.41, 5.74) is 2.46. The van der Waals surface area contributed by atoms with Crippen LogP contribution < -0.4 is 5.32 Å². The zero-order valence-electron chi connectivity index (χ0n) is 13.0. The first kappa shape index (κ1) is 14.4. The third-order valence-corrected chi connectivity index (χ3v) is 4.68. The van der Waals surface area contributed by atoms with Gasteiger partial charge in [0.05, 0.1) is 0 Å². The Morgan fingerprint density at radius 3 is 2.62 bits per heavy atom. The van der Waals surface area contributed by atoms with E-state index in [0.29, 0.717) is 12.6 Å². The molecule has 0 bridgehead atoms. The van der Waals surface area contributed by atoms with Crippen molar-refractivity contribution in [2.45, 2.75) is 38.4 Å². The number of likely N-dealkylation sites (tertiary alicyclic amines) is 1. The molecule has 0 spiro atoms. The summed E-state index contributed by atoms with van der Waals surface area (Å²) >= 11 is 0. The Bertz CT molecular complexity index is 497. The molecule has 114 valence electrons. The first-order chi connectivity index (χ1) is 10.1. The van der Waals surface area contributed by atoms with Crippen LogP contribution in [0.2, 0.25) is 0 Å². The predicted molar refractivity (Wildman–Crippen MR) is 83.9 cm³/mol. The Morgan fingerprint density at radius 1 is 1.24 bits per heavy atom. The molecule has 0 aromatic heterocycles. The van der Waals surface area contributed by atoms with Gasteiger partial charge in [-0.3, -0.25) is 0 Å². The molecular weight excluding hydrogens is 262 g/mol. The van der Waals surface area contributed by atoms with Crippen LogP contribution in [0.4, 0.5) is 4.79 Å². The maximum atomic E-state index is 12.2.